The van der Waals surface area contributed by atoms with Crippen LogP contribution < -0.4 is 15.2 Å². The van der Waals surface area contributed by atoms with Gasteiger partial charge in [-0.3, -0.25) is 0 Å². The Labute approximate surface area is 110 Å². The van der Waals surface area contributed by atoms with Gasteiger partial charge in [0.1, 0.15) is 18.1 Å². The van der Waals surface area contributed by atoms with Crippen molar-refractivity contribution in [3.63, 3.8) is 0 Å². The molecule has 4 heteroatoms. The topological polar surface area (TPSA) is 47.7 Å². The number of hydrogen-bond acceptors (Lipinski definition) is 4. The second-order valence-corrected chi connectivity index (χ2v) is 4.43. The Morgan fingerprint density at radius 1 is 1.22 bits per heavy atom. The molecular weight excluding hydrogens is 228 g/mol. The molecule has 18 heavy (non-hydrogen) atoms. The highest BCUT2D eigenvalue weighted by Crippen LogP contribution is 2.16. The van der Waals surface area contributed by atoms with Gasteiger partial charge in [0.25, 0.3) is 0 Å². The Bertz CT molecular complexity index is 327. The standard InChI is InChI=1S/C14H24N2O2/c1-12(8-9-15)16(2)10-11-18-14-6-4-13(17-3)5-7-14/h4-7,12H,8-11,15H2,1-3H3. The molecule has 1 unspecified atom stereocenters. The summed E-state index contributed by atoms with van der Waals surface area (Å²) in [6, 6.07) is 8.13. The summed E-state index contributed by atoms with van der Waals surface area (Å²) in [5.41, 5.74) is 5.54. The lowest BCUT2D eigenvalue weighted by Gasteiger charge is -2.24. The third-order valence-electron chi connectivity index (χ3n) is 3.11. The maximum atomic E-state index is 5.68. The Kier molecular flexibility index (Phi) is 6.54. The molecule has 0 bridgehead atoms. The lowest BCUT2D eigenvalue weighted by Crippen LogP contribution is -2.34. The summed E-state index contributed by atoms with van der Waals surface area (Å²) in [5, 5.41) is 0. The monoisotopic (exact) mass is 252 g/mol. The Hall–Kier alpha value is -1.26. The van der Waals surface area contributed by atoms with Crippen LogP contribution in [-0.4, -0.2) is 44.8 Å². The third kappa shape index (κ3) is 4.94. The van der Waals surface area contributed by atoms with Crippen molar-refractivity contribution in [1.29, 1.82) is 0 Å². The zero-order chi connectivity index (χ0) is 13.4. The van der Waals surface area contributed by atoms with Gasteiger partial charge in [0.15, 0.2) is 0 Å². The van der Waals surface area contributed by atoms with E-state index in [0.717, 1.165) is 31.0 Å². The van der Waals surface area contributed by atoms with Crippen molar-refractivity contribution in [3.05, 3.63) is 24.3 Å². The number of nitrogens with two attached hydrogens (primary N) is 1. The van der Waals surface area contributed by atoms with E-state index < -0.39 is 0 Å². The summed E-state index contributed by atoms with van der Waals surface area (Å²) in [5.74, 6) is 1.71. The van der Waals surface area contributed by atoms with Crippen LogP contribution in [0.3, 0.4) is 0 Å². The van der Waals surface area contributed by atoms with Crippen LogP contribution in [0.2, 0.25) is 0 Å². The molecule has 1 atom stereocenters. The van der Waals surface area contributed by atoms with Gasteiger partial charge in [0, 0.05) is 12.6 Å². The molecular formula is C14H24N2O2. The average Bonchev–Trinajstić information content (AvgIpc) is 2.39. The van der Waals surface area contributed by atoms with Crippen LogP contribution in [0, 0.1) is 0 Å². The van der Waals surface area contributed by atoms with Gasteiger partial charge >= 0.3 is 0 Å². The van der Waals surface area contributed by atoms with Crippen LogP contribution in [0.5, 0.6) is 11.5 Å². The van der Waals surface area contributed by atoms with E-state index in [4.69, 9.17) is 15.2 Å². The van der Waals surface area contributed by atoms with Gasteiger partial charge in [-0.2, -0.15) is 0 Å². The number of likely N-dealkylation sites (N-methyl/N-ethyl adjacent to an activating group) is 1. The summed E-state index contributed by atoms with van der Waals surface area (Å²) in [4.78, 5) is 2.26. The highest BCUT2D eigenvalue weighted by molar-refractivity contribution is 5.31. The number of nitrogens with zero attached hydrogens (tertiary/aromatic N) is 1. The number of rotatable bonds is 8. The molecule has 4 nitrogen and oxygen atoms in total. The first-order valence-electron chi connectivity index (χ1n) is 6.34. The van der Waals surface area contributed by atoms with Crippen molar-refractivity contribution in [2.24, 2.45) is 5.73 Å². The molecule has 0 aliphatic rings. The predicted octanol–water partition coefficient (Wildman–Crippen LogP) is 1.74. The SMILES string of the molecule is COc1ccc(OCCN(C)C(C)CCN)cc1. The van der Waals surface area contributed by atoms with Crippen LogP contribution in [0.4, 0.5) is 0 Å². The molecule has 2 N–H and O–H groups in total. The van der Waals surface area contributed by atoms with E-state index in [2.05, 4.69) is 18.9 Å². The molecule has 0 fully saturated rings. The van der Waals surface area contributed by atoms with Crippen LogP contribution in [-0.2, 0) is 0 Å². The molecule has 1 rings (SSSR count). The molecule has 0 amide bonds. The van der Waals surface area contributed by atoms with E-state index in [0.29, 0.717) is 12.6 Å². The second-order valence-electron chi connectivity index (χ2n) is 4.43. The van der Waals surface area contributed by atoms with Crippen molar-refractivity contribution >= 4 is 0 Å². The van der Waals surface area contributed by atoms with Gasteiger partial charge in [0.05, 0.1) is 7.11 Å². The first-order chi connectivity index (χ1) is 8.67. The number of methoxy groups -OCH3 is 1. The average molecular weight is 252 g/mol. The van der Waals surface area contributed by atoms with E-state index in [1.807, 2.05) is 24.3 Å². The van der Waals surface area contributed by atoms with E-state index >= 15 is 0 Å². The van der Waals surface area contributed by atoms with Gasteiger partial charge in [-0.25, -0.2) is 0 Å². The maximum absolute atomic E-state index is 5.68. The van der Waals surface area contributed by atoms with Gasteiger partial charge in [0.2, 0.25) is 0 Å². The van der Waals surface area contributed by atoms with Crippen molar-refractivity contribution in [1.82, 2.24) is 4.90 Å². The minimum Gasteiger partial charge on any atom is -0.497 e. The van der Waals surface area contributed by atoms with Crippen LogP contribution in [0.25, 0.3) is 0 Å². The normalized spacial score (nSPS) is 12.5. The molecule has 0 aliphatic heterocycles. The minimum atomic E-state index is 0.495. The largest absolute Gasteiger partial charge is 0.497 e. The Morgan fingerprint density at radius 2 is 1.83 bits per heavy atom. The first-order valence-corrected chi connectivity index (χ1v) is 6.34. The van der Waals surface area contributed by atoms with Gasteiger partial charge in [-0.05, 0) is 51.2 Å². The fourth-order valence-electron chi connectivity index (χ4n) is 1.66. The molecule has 0 heterocycles. The molecule has 0 aliphatic carbocycles. The lowest BCUT2D eigenvalue weighted by molar-refractivity contribution is 0.195. The van der Waals surface area contributed by atoms with E-state index in [-0.39, 0.29) is 0 Å². The Balaban J connectivity index is 2.28. The highest BCUT2D eigenvalue weighted by Gasteiger charge is 2.07. The number of hydrogen-bond donors (Lipinski definition) is 1. The van der Waals surface area contributed by atoms with Gasteiger partial charge in [-0.15, -0.1) is 0 Å². The van der Waals surface area contributed by atoms with Crippen molar-refractivity contribution in [2.75, 3.05) is 33.9 Å². The predicted molar refractivity (Wildman–Crippen MR) is 74.3 cm³/mol. The second kappa shape index (κ2) is 7.95. The zero-order valence-electron chi connectivity index (χ0n) is 11.6. The summed E-state index contributed by atoms with van der Waals surface area (Å²) in [6.07, 6.45) is 1.01. The fraction of sp³-hybridized carbons (Fsp3) is 0.571. The summed E-state index contributed by atoms with van der Waals surface area (Å²) in [7, 11) is 3.75. The van der Waals surface area contributed by atoms with Crippen LogP contribution in [0.1, 0.15) is 13.3 Å². The number of benzene rings is 1. The van der Waals surface area contributed by atoms with Crippen LogP contribution >= 0.6 is 0 Å². The third-order valence-corrected chi connectivity index (χ3v) is 3.11. The zero-order valence-corrected chi connectivity index (χ0v) is 11.6. The molecule has 0 saturated heterocycles. The van der Waals surface area contributed by atoms with Crippen molar-refractivity contribution < 1.29 is 9.47 Å². The molecule has 1 aromatic carbocycles. The lowest BCUT2D eigenvalue weighted by atomic mass is 10.2. The van der Waals surface area contributed by atoms with E-state index in [1.165, 1.54) is 0 Å². The highest BCUT2D eigenvalue weighted by atomic mass is 16.5. The van der Waals surface area contributed by atoms with E-state index in [9.17, 15) is 0 Å². The number of ether oxygens (including phenoxy) is 2. The fourth-order valence-corrected chi connectivity index (χ4v) is 1.66. The quantitative estimate of drug-likeness (QED) is 0.765. The molecule has 0 saturated carbocycles. The molecule has 1 aromatic rings. The smallest absolute Gasteiger partial charge is 0.119 e. The summed E-state index contributed by atoms with van der Waals surface area (Å²) < 4.78 is 10.8. The first kappa shape index (κ1) is 14.8. The van der Waals surface area contributed by atoms with Gasteiger partial charge in [-0.1, -0.05) is 0 Å². The summed E-state index contributed by atoms with van der Waals surface area (Å²) >= 11 is 0. The van der Waals surface area contributed by atoms with Crippen LogP contribution in [0.15, 0.2) is 24.3 Å². The van der Waals surface area contributed by atoms with Crippen molar-refractivity contribution in [3.8, 4) is 11.5 Å². The summed E-state index contributed by atoms with van der Waals surface area (Å²) in [6.45, 7) is 4.48. The molecule has 0 spiro atoms. The van der Waals surface area contributed by atoms with Gasteiger partial charge < -0.3 is 20.1 Å². The minimum absolute atomic E-state index is 0.495. The van der Waals surface area contributed by atoms with E-state index in [1.54, 1.807) is 7.11 Å². The molecule has 102 valence electrons. The maximum Gasteiger partial charge on any atom is 0.119 e. The molecule has 0 aromatic heterocycles. The Morgan fingerprint density at radius 3 is 2.39 bits per heavy atom. The molecule has 0 radical (unpaired) electrons. The van der Waals surface area contributed by atoms with Crippen molar-refractivity contribution in [2.45, 2.75) is 19.4 Å².